The average Bonchev–Trinajstić information content (AvgIpc) is 3.39. The van der Waals surface area contributed by atoms with Gasteiger partial charge in [-0.05, 0) is 39.5 Å². The van der Waals surface area contributed by atoms with Crippen LogP contribution in [0.4, 0.5) is 5.95 Å². The summed E-state index contributed by atoms with van der Waals surface area (Å²) in [5, 5.41) is 3.08. The van der Waals surface area contributed by atoms with Gasteiger partial charge >= 0.3 is 0 Å². The largest absolute Gasteiger partial charge is 0.349 e. The number of amides is 1. The highest BCUT2D eigenvalue weighted by molar-refractivity contribution is 5.81. The highest BCUT2D eigenvalue weighted by Crippen LogP contribution is 2.30. The summed E-state index contributed by atoms with van der Waals surface area (Å²) in [4.78, 5) is 23.4. The van der Waals surface area contributed by atoms with E-state index in [9.17, 15) is 4.79 Å². The van der Waals surface area contributed by atoms with Gasteiger partial charge in [-0.15, -0.1) is 0 Å². The number of nitrogens with one attached hydrogen (secondary N) is 1. The van der Waals surface area contributed by atoms with Crippen LogP contribution in [0.2, 0.25) is 0 Å². The van der Waals surface area contributed by atoms with E-state index in [1.807, 2.05) is 20.0 Å². The minimum Gasteiger partial charge on any atom is -0.349 e. The molecule has 1 aromatic heterocycles. The lowest BCUT2D eigenvalue weighted by Gasteiger charge is -2.31. The number of anilines is 1. The van der Waals surface area contributed by atoms with Crippen molar-refractivity contribution >= 4 is 11.9 Å². The Labute approximate surface area is 138 Å². The van der Waals surface area contributed by atoms with Crippen molar-refractivity contribution in [2.24, 2.45) is 5.92 Å². The van der Waals surface area contributed by atoms with Gasteiger partial charge in [0.15, 0.2) is 0 Å². The van der Waals surface area contributed by atoms with Gasteiger partial charge in [-0.25, -0.2) is 9.97 Å². The Morgan fingerprint density at radius 2 is 1.96 bits per heavy atom. The number of carbonyl (C=O) groups excluding carboxylic acids is 1. The van der Waals surface area contributed by atoms with Gasteiger partial charge in [0.1, 0.15) is 0 Å². The molecule has 2 saturated carbocycles. The van der Waals surface area contributed by atoms with E-state index in [1.54, 1.807) is 0 Å². The second-order valence-electron chi connectivity index (χ2n) is 7.12. The van der Waals surface area contributed by atoms with E-state index in [1.165, 1.54) is 32.1 Å². The van der Waals surface area contributed by atoms with Gasteiger partial charge < -0.3 is 10.2 Å². The molecule has 0 aromatic carbocycles. The Morgan fingerprint density at radius 1 is 1.26 bits per heavy atom. The third-order valence-electron chi connectivity index (χ3n) is 5.22. The molecule has 2 aliphatic rings. The van der Waals surface area contributed by atoms with Crippen LogP contribution in [0.3, 0.4) is 0 Å². The lowest BCUT2D eigenvalue weighted by Crippen LogP contribution is -2.35. The fourth-order valence-corrected chi connectivity index (χ4v) is 3.45. The number of rotatable bonds is 5. The summed E-state index contributed by atoms with van der Waals surface area (Å²) in [6.45, 7) is 4.02. The Bertz CT molecular complexity index is 564. The predicted molar refractivity (Wildman–Crippen MR) is 91.3 cm³/mol. The summed E-state index contributed by atoms with van der Waals surface area (Å²) in [6.07, 6.45) is 10.4. The molecule has 2 aliphatic carbocycles. The second-order valence-corrected chi connectivity index (χ2v) is 7.12. The maximum atomic E-state index is 11.9. The molecule has 1 atom stereocenters. The summed E-state index contributed by atoms with van der Waals surface area (Å²) in [5.74, 6) is 1.20. The molecule has 1 unspecified atom stereocenters. The molecule has 5 nitrogen and oxygen atoms in total. The molecular weight excluding hydrogens is 288 g/mol. The SMILES string of the molecule is Cc1nc(N(C)C2CCCCC2)ncc1C(C)NC(=O)C1CC1. The van der Waals surface area contributed by atoms with Crippen LogP contribution in [0.15, 0.2) is 6.20 Å². The molecule has 1 amide bonds. The molecule has 1 aromatic rings. The third kappa shape index (κ3) is 3.82. The topological polar surface area (TPSA) is 58.1 Å². The number of aryl methyl sites for hydroxylation is 1. The molecule has 126 valence electrons. The Hall–Kier alpha value is -1.65. The maximum Gasteiger partial charge on any atom is 0.225 e. The average molecular weight is 316 g/mol. The van der Waals surface area contributed by atoms with E-state index < -0.39 is 0 Å². The first kappa shape index (κ1) is 16.2. The highest BCUT2D eigenvalue weighted by atomic mass is 16.2. The first-order valence-corrected chi connectivity index (χ1v) is 8.93. The van der Waals surface area contributed by atoms with Crippen molar-refractivity contribution in [2.75, 3.05) is 11.9 Å². The summed E-state index contributed by atoms with van der Waals surface area (Å²) >= 11 is 0. The first-order chi connectivity index (χ1) is 11.1. The zero-order valence-electron chi connectivity index (χ0n) is 14.5. The zero-order valence-corrected chi connectivity index (χ0v) is 14.5. The standard InChI is InChI=1S/C18H28N4O/c1-12(20-17(23)14-9-10-14)16-11-19-18(21-13(16)2)22(3)15-7-5-4-6-8-15/h11-12,14-15H,4-10H2,1-3H3,(H,20,23). The van der Waals surface area contributed by atoms with Crippen molar-refractivity contribution in [1.82, 2.24) is 15.3 Å². The predicted octanol–water partition coefficient (Wildman–Crippen LogP) is 3.14. The van der Waals surface area contributed by atoms with E-state index in [0.717, 1.165) is 30.0 Å². The molecule has 1 N–H and O–H groups in total. The van der Waals surface area contributed by atoms with E-state index in [-0.39, 0.29) is 17.9 Å². The van der Waals surface area contributed by atoms with Crippen molar-refractivity contribution in [2.45, 2.75) is 70.9 Å². The summed E-state index contributed by atoms with van der Waals surface area (Å²) in [7, 11) is 2.10. The van der Waals surface area contributed by atoms with Crippen molar-refractivity contribution in [3.8, 4) is 0 Å². The molecule has 0 saturated heterocycles. The van der Waals surface area contributed by atoms with E-state index in [0.29, 0.717) is 6.04 Å². The minimum absolute atomic E-state index is 0.0304. The molecule has 3 rings (SSSR count). The van der Waals surface area contributed by atoms with Crippen LogP contribution in [0.25, 0.3) is 0 Å². The van der Waals surface area contributed by atoms with Gasteiger partial charge in [-0.3, -0.25) is 4.79 Å². The maximum absolute atomic E-state index is 11.9. The summed E-state index contributed by atoms with van der Waals surface area (Å²) in [5.41, 5.74) is 1.97. The Morgan fingerprint density at radius 3 is 2.57 bits per heavy atom. The van der Waals surface area contributed by atoms with Gasteiger partial charge in [0.05, 0.1) is 6.04 Å². The Balaban J connectivity index is 1.67. The number of aromatic nitrogens is 2. The minimum atomic E-state index is -0.0304. The van der Waals surface area contributed by atoms with Crippen LogP contribution in [0.1, 0.15) is 69.2 Å². The van der Waals surface area contributed by atoms with E-state index in [4.69, 9.17) is 4.98 Å². The van der Waals surface area contributed by atoms with Crippen molar-refractivity contribution in [1.29, 1.82) is 0 Å². The fraction of sp³-hybridized carbons (Fsp3) is 0.722. The van der Waals surface area contributed by atoms with Crippen molar-refractivity contribution in [3.63, 3.8) is 0 Å². The molecule has 1 heterocycles. The van der Waals surface area contributed by atoms with Crippen LogP contribution in [-0.2, 0) is 4.79 Å². The quantitative estimate of drug-likeness (QED) is 0.906. The number of hydrogen-bond acceptors (Lipinski definition) is 4. The molecule has 5 heteroatoms. The smallest absolute Gasteiger partial charge is 0.225 e. The van der Waals surface area contributed by atoms with Crippen LogP contribution in [-0.4, -0.2) is 29.0 Å². The van der Waals surface area contributed by atoms with Crippen LogP contribution >= 0.6 is 0 Å². The molecular formula is C18H28N4O. The zero-order chi connectivity index (χ0) is 16.4. The molecule has 0 aliphatic heterocycles. The van der Waals surface area contributed by atoms with Crippen LogP contribution in [0.5, 0.6) is 0 Å². The monoisotopic (exact) mass is 316 g/mol. The summed E-state index contributed by atoms with van der Waals surface area (Å²) < 4.78 is 0. The van der Waals surface area contributed by atoms with E-state index in [2.05, 4.69) is 22.2 Å². The Kier molecular flexibility index (Phi) is 4.83. The first-order valence-electron chi connectivity index (χ1n) is 8.93. The number of carbonyl (C=O) groups is 1. The second kappa shape index (κ2) is 6.85. The highest BCUT2D eigenvalue weighted by Gasteiger charge is 2.30. The van der Waals surface area contributed by atoms with Gasteiger partial charge in [-0.2, -0.15) is 0 Å². The third-order valence-corrected chi connectivity index (χ3v) is 5.22. The lowest BCUT2D eigenvalue weighted by molar-refractivity contribution is -0.122. The normalized spacial score (nSPS) is 20.1. The van der Waals surface area contributed by atoms with E-state index >= 15 is 0 Å². The molecule has 0 radical (unpaired) electrons. The number of hydrogen-bond donors (Lipinski definition) is 1. The van der Waals surface area contributed by atoms with Crippen LogP contribution in [0, 0.1) is 12.8 Å². The lowest BCUT2D eigenvalue weighted by atomic mass is 9.95. The fourth-order valence-electron chi connectivity index (χ4n) is 3.45. The summed E-state index contributed by atoms with van der Waals surface area (Å²) in [6, 6.07) is 0.526. The molecule has 23 heavy (non-hydrogen) atoms. The van der Waals surface area contributed by atoms with Crippen molar-refractivity contribution in [3.05, 3.63) is 17.5 Å². The van der Waals surface area contributed by atoms with Gasteiger partial charge in [0, 0.05) is 36.5 Å². The molecule has 0 spiro atoms. The van der Waals surface area contributed by atoms with Crippen LogP contribution < -0.4 is 10.2 Å². The van der Waals surface area contributed by atoms with Crippen molar-refractivity contribution < 1.29 is 4.79 Å². The number of nitrogens with zero attached hydrogens (tertiary/aromatic N) is 3. The van der Waals surface area contributed by atoms with Gasteiger partial charge in [0.2, 0.25) is 11.9 Å². The molecule has 0 bridgehead atoms. The van der Waals surface area contributed by atoms with Gasteiger partial charge in [-0.1, -0.05) is 19.3 Å². The van der Waals surface area contributed by atoms with Gasteiger partial charge in [0.25, 0.3) is 0 Å². The molecule has 2 fully saturated rings.